The van der Waals surface area contributed by atoms with E-state index in [0.29, 0.717) is 0 Å². The quantitative estimate of drug-likeness (QED) is 0.655. The largest absolute Gasteiger partial charge is 0.325 e. The van der Waals surface area contributed by atoms with Crippen LogP contribution in [0.5, 0.6) is 0 Å². The van der Waals surface area contributed by atoms with Crippen molar-refractivity contribution < 1.29 is 9.09 Å². The molecule has 0 aliphatic heterocycles. The van der Waals surface area contributed by atoms with Crippen molar-refractivity contribution in [1.29, 1.82) is 0 Å². The summed E-state index contributed by atoms with van der Waals surface area (Å²) in [6.07, 6.45) is 2.04. The molecule has 0 aromatic rings. The zero-order valence-corrected chi connectivity index (χ0v) is 10.6. The minimum absolute atomic E-state index is 0.140. The van der Waals surface area contributed by atoms with Gasteiger partial charge in [-0.1, -0.05) is 27.7 Å². The van der Waals surface area contributed by atoms with Crippen LogP contribution in [0.2, 0.25) is 0 Å². The van der Waals surface area contributed by atoms with E-state index in [0.717, 1.165) is 12.8 Å². The second-order valence-electron chi connectivity index (χ2n) is 5.15. The van der Waals surface area contributed by atoms with Gasteiger partial charge in [-0.3, -0.25) is 4.57 Å². The van der Waals surface area contributed by atoms with E-state index in [2.05, 4.69) is 27.7 Å². The Balaban J connectivity index is 4.13. The van der Waals surface area contributed by atoms with E-state index in [9.17, 15) is 4.57 Å². The Labute approximate surface area is 82.5 Å². The molecule has 0 rings (SSSR count). The molecule has 1 unspecified atom stereocenters. The van der Waals surface area contributed by atoms with Crippen LogP contribution in [0.3, 0.4) is 0 Å². The SMILES string of the molecule is CCC(CC(C)(C)C)OP(C)(C)=O. The molecule has 2 nitrogen and oxygen atoms in total. The van der Waals surface area contributed by atoms with Gasteiger partial charge in [0.15, 0.2) is 7.37 Å². The highest BCUT2D eigenvalue weighted by Gasteiger charge is 2.21. The third-order valence-electron chi connectivity index (χ3n) is 1.70. The van der Waals surface area contributed by atoms with Crippen molar-refractivity contribution in [2.45, 2.75) is 46.6 Å². The van der Waals surface area contributed by atoms with Crippen molar-refractivity contribution in [3.05, 3.63) is 0 Å². The molecule has 80 valence electrons. The van der Waals surface area contributed by atoms with E-state index >= 15 is 0 Å². The summed E-state index contributed by atoms with van der Waals surface area (Å²) in [5.74, 6) is 0. The van der Waals surface area contributed by atoms with Gasteiger partial charge in [-0.25, -0.2) is 0 Å². The Hall–Kier alpha value is 0.190. The van der Waals surface area contributed by atoms with Crippen molar-refractivity contribution >= 4 is 7.37 Å². The third-order valence-corrected chi connectivity index (χ3v) is 2.50. The maximum absolute atomic E-state index is 11.4. The highest BCUT2D eigenvalue weighted by atomic mass is 31.2. The van der Waals surface area contributed by atoms with Crippen LogP contribution >= 0.6 is 7.37 Å². The lowest BCUT2D eigenvalue weighted by Crippen LogP contribution is -2.19. The van der Waals surface area contributed by atoms with Gasteiger partial charge in [0.25, 0.3) is 0 Å². The van der Waals surface area contributed by atoms with Crippen molar-refractivity contribution in [3.63, 3.8) is 0 Å². The molecular formula is C10H23O2P. The standard InChI is InChI=1S/C10H23O2P/c1-7-9(8-10(2,3)4)12-13(5,6)11/h9H,7-8H2,1-6H3. The van der Waals surface area contributed by atoms with Crippen LogP contribution in [-0.2, 0) is 9.09 Å². The van der Waals surface area contributed by atoms with Gasteiger partial charge in [-0.2, -0.15) is 0 Å². The molecule has 3 heteroatoms. The van der Waals surface area contributed by atoms with Crippen LogP contribution in [0.1, 0.15) is 40.5 Å². The zero-order chi connectivity index (χ0) is 10.7. The van der Waals surface area contributed by atoms with Crippen molar-refractivity contribution in [2.75, 3.05) is 13.3 Å². The minimum Gasteiger partial charge on any atom is -0.325 e. The summed E-state index contributed by atoms with van der Waals surface area (Å²) in [6, 6.07) is 0. The van der Waals surface area contributed by atoms with Crippen LogP contribution in [0.15, 0.2) is 0 Å². The smallest absolute Gasteiger partial charge is 0.197 e. The molecule has 0 heterocycles. The highest BCUT2D eigenvalue weighted by Crippen LogP contribution is 2.41. The minimum atomic E-state index is -2.32. The first-order chi connectivity index (χ1) is 5.64. The van der Waals surface area contributed by atoms with Gasteiger partial charge in [0.2, 0.25) is 0 Å². The molecule has 0 aromatic carbocycles. The molecule has 0 aliphatic rings. The normalized spacial score (nSPS) is 15.8. The van der Waals surface area contributed by atoms with E-state index in [1.165, 1.54) is 0 Å². The highest BCUT2D eigenvalue weighted by molar-refractivity contribution is 7.57. The summed E-state index contributed by atoms with van der Waals surface area (Å²) in [4.78, 5) is 0. The molecule has 0 radical (unpaired) electrons. The van der Waals surface area contributed by atoms with Crippen molar-refractivity contribution in [1.82, 2.24) is 0 Å². The Kier molecular flexibility index (Phi) is 4.68. The molecule has 0 aromatic heterocycles. The topological polar surface area (TPSA) is 26.3 Å². The third kappa shape index (κ3) is 8.52. The van der Waals surface area contributed by atoms with E-state index < -0.39 is 7.37 Å². The van der Waals surface area contributed by atoms with E-state index in [1.807, 2.05) is 0 Å². The van der Waals surface area contributed by atoms with Gasteiger partial charge in [0.1, 0.15) is 0 Å². The van der Waals surface area contributed by atoms with Gasteiger partial charge in [0.05, 0.1) is 6.10 Å². The van der Waals surface area contributed by atoms with Gasteiger partial charge in [-0.05, 0) is 18.3 Å². The summed E-state index contributed by atoms with van der Waals surface area (Å²) < 4.78 is 17.0. The maximum Gasteiger partial charge on any atom is 0.197 e. The molecule has 0 amide bonds. The first kappa shape index (κ1) is 13.2. The number of rotatable bonds is 4. The summed E-state index contributed by atoms with van der Waals surface area (Å²) in [6.45, 7) is 12.0. The van der Waals surface area contributed by atoms with Crippen LogP contribution in [0.4, 0.5) is 0 Å². The van der Waals surface area contributed by atoms with Crippen LogP contribution in [-0.4, -0.2) is 19.4 Å². The second-order valence-corrected chi connectivity index (χ2v) is 7.87. The fourth-order valence-corrected chi connectivity index (χ4v) is 2.24. The summed E-state index contributed by atoms with van der Waals surface area (Å²) >= 11 is 0. The molecule has 0 fully saturated rings. The molecular weight excluding hydrogens is 183 g/mol. The molecule has 0 bridgehead atoms. The second kappa shape index (κ2) is 4.61. The fraction of sp³-hybridized carbons (Fsp3) is 1.00. The monoisotopic (exact) mass is 206 g/mol. The Bertz CT molecular complexity index is 188. The number of hydrogen-bond donors (Lipinski definition) is 0. The Morgan fingerprint density at radius 1 is 1.31 bits per heavy atom. The Morgan fingerprint density at radius 3 is 2.00 bits per heavy atom. The molecule has 0 spiro atoms. The fourth-order valence-electron chi connectivity index (χ4n) is 1.30. The molecule has 0 aliphatic carbocycles. The van der Waals surface area contributed by atoms with Crippen LogP contribution in [0.25, 0.3) is 0 Å². The van der Waals surface area contributed by atoms with E-state index in [-0.39, 0.29) is 11.5 Å². The van der Waals surface area contributed by atoms with Crippen molar-refractivity contribution in [2.24, 2.45) is 5.41 Å². The summed E-state index contributed by atoms with van der Waals surface area (Å²) in [7, 11) is -2.32. The van der Waals surface area contributed by atoms with Gasteiger partial charge in [0, 0.05) is 13.3 Å². The lowest BCUT2D eigenvalue weighted by Gasteiger charge is -2.26. The molecule has 13 heavy (non-hydrogen) atoms. The van der Waals surface area contributed by atoms with Gasteiger partial charge >= 0.3 is 0 Å². The predicted molar refractivity (Wildman–Crippen MR) is 58.7 cm³/mol. The van der Waals surface area contributed by atoms with E-state index in [4.69, 9.17) is 4.52 Å². The average molecular weight is 206 g/mol. The van der Waals surface area contributed by atoms with Crippen LogP contribution in [0, 0.1) is 5.41 Å². The maximum atomic E-state index is 11.4. The van der Waals surface area contributed by atoms with Crippen LogP contribution < -0.4 is 0 Å². The molecule has 1 atom stereocenters. The van der Waals surface area contributed by atoms with Crippen molar-refractivity contribution in [3.8, 4) is 0 Å². The lowest BCUT2D eigenvalue weighted by atomic mass is 9.88. The zero-order valence-electron chi connectivity index (χ0n) is 9.76. The summed E-state index contributed by atoms with van der Waals surface area (Å²) in [5.41, 5.74) is 0.246. The van der Waals surface area contributed by atoms with Gasteiger partial charge in [-0.15, -0.1) is 0 Å². The lowest BCUT2D eigenvalue weighted by molar-refractivity contribution is 0.146. The summed E-state index contributed by atoms with van der Waals surface area (Å²) in [5, 5.41) is 0. The first-order valence-electron chi connectivity index (χ1n) is 4.87. The Morgan fingerprint density at radius 2 is 1.77 bits per heavy atom. The molecule has 0 saturated carbocycles. The van der Waals surface area contributed by atoms with E-state index in [1.54, 1.807) is 13.3 Å². The average Bonchev–Trinajstić information content (AvgIpc) is 1.79. The first-order valence-corrected chi connectivity index (χ1v) is 7.39. The number of hydrogen-bond acceptors (Lipinski definition) is 2. The van der Waals surface area contributed by atoms with Gasteiger partial charge < -0.3 is 4.52 Å². The molecule has 0 saturated heterocycles. The molecule has 0 N–H and O–H groups in total. The predicted octanol–water partition coefficient (Wildman–Crippen LogP) is 3.76.